The number of primary amides is 1. The first-order valence-electron chi connectivity index (χ1n) is 11.5. The molecule has 2 aromatic carbocycles. The summed E-state index contributed by atoms with van der Waals surface area (Å²) >= 11 is 0. The van der Waals surface area contributed by atoms with E-state index < -0.39 is 5.91 Å². The van der Waals surface area contributed by atoms with Crippen molar-refractivity contribution in [3.8, 4) is 17.2 Å². The highest BCUT2D eigenvalue weighted by atomic mass is 16.2. The summed E-state index contributed by atoms with van der Waals surface area (Å²) in [6.45, 7) is 1.37. The maximum Gasteiger partial charge on any atom is 0.248 e. The van der Waals surface area contributed by atoms with E-state index in [1.807, 2.05) is 53.2 Å². The van der Waals surface area contributed by atoms with Crippen molar-refractivity contribution >= 4 is 23.3 Å². The van der Waals surface area contributed by atoms with Crippen LogP contribution in [-0.4, -0.2) is 44.7 Å². The predicted octanol–water partition coefficient (Wildman–Crippen LogP) is 3.28. The Balaban J connectivity index is 1.26. The van der Waals surface area contributed by atoms with E-state index in [0.717, 1.165) is 36.6 Å². The van der Waals surface area contributed by atoms with Gasteiger partial charge in [-0.1, -0.05) is 30.3 Å². The SMILES string of the molecule is NC(=O)c1ccc(NC(=O)C2CCCN(c3ccc(-n4ccnc4-c4ccccc4)nn3)C2)cc1. The fourth-order valence-electron chi connectivity index (χ4n) is 4.27. The molecule has 0 radical (unpaired) electrons. The van der Waals surface area contributed by atoms with Gasteiger partial charge in [-0.25, -0.2) is 4.98 Å². The first kappa shape index (κ1) is 22.3. The molecular formula is C26H25N7O2. The van der Waals surface area contributed by atoms with E-state index in [-0.39, 0.29) is 11.8 Å². The molecule has 1 atom stereocenters. The molecule has 1 aliphatic heterocycles. The van der Waals surface area contributed by atoms with Crippen LogP contribution in [0, 0.1) is 5.92 Å². The Hall–Kier alpha value is -4.53. The van der Waals surface area contributed by atoms with Crippen LogP contribution in [0.3, 0.4) is 0 Å². The number of piperidine rings is 1. The molecule has 9 heteroatoms. The molecule has 0 bridgehead atoms. The third-order valence-corrected chi connectivity index (χ3v) is 6.11. The summed E-state index contributed by atoms with van der Waals surface area (Å²) < 4.78 is 1.90. The Bertz CT molecular complexity index is 1320. The predicted molar refractivity (Wildman–Crippen MR) is 133 cm³/mol. The number of aromatic nitrogens is 4. The summed E-state index contributed by atoms with van der Waals surface area (Å²) in [4.78, 5) is 30.7. The number of hydrogen-bond acceptors (Lipinski definition) is 6. The number of rotatable bonds is 6. The summed E-state index contributed by atoms with van der Waals surface area (Å²) in [5.41, 5.74) is 7.31. The minimum Gasteiger partial charge on any atom is -0.366 e. The van der Waals surface area contributed by atoms with Gasteiger partial charge in [-0.05, 0) is 49.2 Å². The fraction of sp³-hybridized carbons (Fsp3) is 0.192. The summed E-state index contributed by atoms with van der Waals surface area (Å²) in [6.07, 6.45) is 5.28. The van der Waals surface area contributed by atoms with Crippen LogP contribution in [-0.2, 0) is 4.79 Å². The van der Waals surface area contributed by atoms with Gasteiger partial charge in [0, 0.05) is 42.3 Å². The molecule has 4 aromatic rings. The van der Waals surface area contributed by atoms with Gasteiger partial charge in [0.2, 0.25) is 11.8 Å². The molecule has 1 fully saturated rings. The summed E-state index contributed by atoms with van der Waals surface area (Å²) in [5, 5.41) is 11.8. The average Bonchev–Trinajstić information content (AvgIpc) is 3.40. The molecule has 0 spiro atoms. The summed E-state index contributed by atoms with van der Waals surface area (Å²) in [6, 6.07) is 20.3. The van der Waals surface area contributed by atoms with Crippen LogP contribution in [0.2, 0.25) is 0 Å². The monoisotopic (exact) mass is 467 g/mol. The molecule has 0 aliphatic carbocycles. The van der Waals surface area contributed by atoms with E-state index in [0.29, 0.717) is 23.6 Å². The van der Waals surface area contributed by atoms with Gasteiger partial charge in [-0.2, -0.15) is 0 Å². The highest BCUT2D eigenvalue weighted by molar-refractivity contribution is 5.95. The van der Waals surface area contributed by atoms with Gasteiger partial charge in [-0.15, -0.1) is 10.2 Å². The Morgan fingerprint density at radius 1 is 0.943 bits per heavy atom. The van der Waals surface area contributed by atoms with Gasteiger partial charge in [0.15, 0.2) is 11.6 Å². The zero-order valence-corrected chi connectivity index (χ0v) is 19.0. The maximum atomic E-state index is 12.9. The van der Waals surface area contributed by atoms with Gasteiger partial charge < -0.3 is 16.0 Å². The van der Waals surface area contributed by atoms with Crippen molar-refractivity contribution in [1.29, 1.82) is 0 Å². The normalized spacial score (nSPS) is 15.5. The molecule has 1 saturated heterocycles. The van der Waals surface area contributed by atoms with E-state index in [4.69, 9.17) is 5.73 Å². The van der Waals surface area contributed by atoms with Gasteiger partial charge in [-0.3, -0.25) is 14.2 Å². The quantitative estimate of drug-likeness (QED) is 0.449. The number of amides is 2. The summed E-state index contributed by atoms with van der Waals surface area (Å²) in [7, 11) is 0. The number of benzene rings is 2. The average molecular weight is 468 g/mol. The number of nitrogens with zero attached hydrogens (tertiary/aromatic N) is 5. The molecule has 3 heterocycles. The molecule has 3 N–H and O–H groups in total. The van der Waals surface area contributed by atoms with E-state index >= 15 is 0 Å². The van der Waals surface area contributed by atoms with Crippen molar-refractivity contribution in [2.75, 3.05) is 23.3 Å². The molecule has 5 rings (SSSR count). The van der Waals surface area contributed by atoms with Crippen LogP contribution in [0.15, 0.2) is 79.1 Å². The van der Waals surface area contributed by atoms with Crippen LogP contribution in [0.4, 0.5) is 11.5 Å². The van der Waals surface area contributed by atoms with E-state index in [9.17, 15) is 9.59 Å². The van der Waals surface area contributed by atoms with Crippen molar-refractivity contribution in [3.05, 3.63) is 84.7 Å². The molecule has 1 unspecified atom stereocenters. The molecule has 2 aromatic heterocycles. The first-order chi connectivity index (χ1) is 17.1. The second kappa shape index (κ2) is 9.76. The van der Waals surface area contributed by atoms with Gasteiger partial charge in [0.25, 0.3) is 0 Å². The van der Waals surface area contributed by atoms with Gasteiger partial charge in [0.05, 0.1) is 5.92 Å². The standard InChI is InChI=1S/C26H25N7O2/c27-24(34)18-8-10-21(11-9-18)29-26(35)20-7-4-15-32(17-20)22-12-13-23(31-30-22)33-16-14-28-25(33)19-5-2-1-3-6-19/h1-3,5-6,8-14,16,20H,4,7,15,17H2,(H2,27,34)(H,29,35). The van der Waals surface area contributed by atoms with Crippen molar-refractivity contribution < 1.29 is 9.59 Å². The highest BCUT2D eigenvalue weighted by Gasteiger charge is 2.27. The Morgan fingerprint density at radius 2 is 1.69 bits per heavy atom. The molecule has 1 aliphatic rings. The Kier molecular flexibility index (Phi) is 6.21. The van der Waals surface area contributed by atoms with Crippen LogP contribution in [0.25, 0.3) is 17.2 Å². The molecule has 9 nitrogen and oxygen atoms in total. The number of carbonyl (C=O) groups excluding carboxylic acids is 2. The molecule has 35 heavy (non-hydrogen) atoms. The van der Waals surface area contributed by atoms with E-state index in [1.54, 1.807) is 30.5 Å². The lowest BCUT2D eigenvalue weighted by Crippen LogP contribution is -2.41. The van der Waals surface area contributed by atoms with Crippen LogP contribution in [0.1, 0.15) is 23.2 Å². The third-order valence-electron chi connectivity index (χ3n) is 6.11. The van der Waals surface area contributed by atoms with Crippen molar-refractivity contribution in [2.45, 2.75) is 12.8 Å². The smallest absolute Gasteiger partial charge is 0.248 e. The Labute approximate surface area is 202 Å². The zero-order chi connectivity index (χ0) is 24.2. The lowest BCUT2D eigenvalue weighted by atomic mass is 9.97. The minimum absolute atomic E-state index is 0.0583. The maximum absolute atomic E-state index is 12.9. The fourth-order valence-corrected chi connectivity index (χ4v) is 4.27. The number of hydrogen-bond donors (Lipinski definition) is 2. The first-order valence-corrected chi connectivity index (χ1v) is 11.5. The van der Waals surface area contributed by atoms with Gasteiger partial charge >= 0.3 is 0 Å². The highest BCUT2D eigenvalue weighted by Crippen LogP contribution is 2.24. The zero-order valence-electron chi connectivity index (χ0n) is 19.0. The largest absolute Gasteiger partial charge is 0.366 e. The molecule has 2 amide bonds. The van der Waals surface area contributed by atoms with Crippen LogP contribution < -0.4 is 16.0 Å². The van der Waals surface area contributed by atoms with E-state index in [1.165, 1.54) is 0 Å². The van der Waals surface area contributed by atoms with Crippen molar-refractivity contribution in [2.24, 2.45) is 11.7 Å². The number of anilines is 2. The topological polar surface area (TPSA) is 119 Å². The van der Waals surface area contributed by atoms with Crippen molar-refractivity contribution in [1.82, 2.24) is 19.7 Å². The van der Waals surface area contributed by atoms with Gasteiger partial charge in [0.1, 0.15) is 5.82 Å². The number of carbonyl (C=O) groups is 2. The molecule has 0 saturated carbocycles. The Morgan fingerprint density at radius 3 is 2.40 bits per heavy atom. The van der Waals surface area contributed by atoms with E-state index in [2.05, 4.69) is 25.4 Å². The second-order valence-electron chi connectivity index (χ2n) is 8.45. The third kappa shape index (κ3) is 4.89. The number of nitrogens with one attached hydrogen (secondary N) is 1. The summed E-state index contributed by atoms with van der Waals surface area (Å²) in [5.74, 6) is 1.47. The minimum atomic E-state index is -0.498. The number of imidazole rings is 1. The molecular weight excluding hydrogens is 442 g/mol. The lowest BCUT2D eigenvalue weighted by Gasteiger charge is -2.32. The van der Waals surface area contributed by atoms with Crippen LogP contribution >= 0.6 is 0 Å². The number of nitrogens with two attached hydrogens (primary N) is 1. The lowest BCUT2D eigenvalue weighted by molar-refractivity contribution is -0.120. The second-order valence-corrected chi connectivity index (χ2v) is 8.45. The van der Waals surface area contributed by atoms with Crippen LogP contribution in [0.5, 0.6) is 0 Å². The molecule has 176 valence electrons. The van der Waals surface area contributed by atoms with Crippen molar-refractivity contribution in [3.63, 3.8) is 0 Å².